The maximum Gasteiger partial charge on any atom is 0.337 e. The van der Waals surface area contributed by atoms with Gasteiger partial charge in [0.05, 0.1) is 11.3 Å². The normalized spacial score (nSPS) is 10.4. The van der Waals surface area contributed by atoms with Crippen LogP contribution in [0.5, 0.6) is 0 Å². The summed E-state index contributed by atoms with van der Waals surface area (Å²) in [6.45, 7) is 3.86. The number of halogens is 1. The van der Waals surface area contributed by atoms with Crippen LogP contribution in [0.3, 0.4) is 0 Å². The van der Waals surface area contributed by atoms with E-state index < -0.39 is 17.8 Å². The summed E-state index contributed by atoms with van der Waals surface area (Å²) in [5.41, 5.74) is -0.618. The number of rotatable bonds is 6. The number of amides is 2. The second-order valence-electron chi connectivity index (χ2n) is 4.24. The van der Waals surface area contributed by atoms with Gasteiger partial charge in [0.15, 0.2) is 0 Å². The molecule has 0 atom stereocenters. The van der Waals surface area contributed by atoms with E-state index in [2.05, 4.69) is 10.6 Å². The van der Waals surface area contributed by atoms with Gasteiger partial charge in [-0.3, -0.25) is 0 Å². The molecular weight excluding hydrogens is 265 g/mol. The van der Waals surface area contributed by atoms with Crippen LogP contribution in [-0.2, 0) is 0 Å². The lowest BCUT2D eigenvalue weighted by molar-refractivity contribution is 0.0697. The molecule has 20 heavy (non-hydrogen) atoms. The van der Waals surface area contributed by atoms with Crippen LogP contribution < -0.4 is 10.6 Å². The molecule has 0 fully saturated rings. The third-order valence-corrected chi connectivity index (χ3v) is 2.80. The highest BCUT2D eigenvalue weighted by Crippen LogP contribution is 2.19. The number of urea groups is 1. The van der Waals surface area contributed by atoms with E-state index in [4.69, 9.17) is 5.11 Å². The third-order valence-electron chi connectivity index (χ3n) is 2.80. The molecule has 0 aromatic heterocycles. The zero-order valence-electron chi connectivity index (χ0n) is 11.4. The van der Waals surface area contributed by atoms with E-state index in [9.17, 15) is 14.0 Å². The largest absolute Gasteiger partial charge is 0.478 e. The van der Waals surface area contributed by atoms with Gasteiger partial charge in [-0.15, -0.1) is 0 Å². The zero-order valence-corrected chi connectivity index (χ0v) is 11.4. The molecule has 0 saturated carbocycles. The number of carbonyl (C=O) groups excluding carboxylic acids is 1. The van der Waals surface area contributed by atoms with Gasteiger partial charge in [-0.1, -0.05) is 13.0 Å². The molecule has 0 bridgehead atoms. The number of carbonyl (C=O) groups is 2. The molecule has 1 rings (SSSR count). The van der Waals surface area contributed by atoms with Crippen molar-refractivity contribution in [3.63, 3.8) is 0 Å². The molecule has 7 heteroatoms. The van der Waals surface area contributed by atoms with Gasteiger partial charge in [0.25, 0.3) is 0 Å². The minimum absolute atomic E-state index is 0.286. The number of nitrogens with one attached hydrogen (secondary N) is 2. The van der Waals surface area contributed by atoms with Gasteiger partial charge >= 0.3 is 12.0 Å². The number of hydrogen-bond donors (Lipinski definition) is 3. The molecule has 6 nitrogen and oxygen atoms in total. The van der Waals surface area contributed by atoms with Crippen LogP contribution >= 0.6 is 0 Å². The SMILES string of the molecule is CCN(C)CCNC(=O)Nc1c(F)cccc1C(=O)O. The Morgan fingerprint density at radius 3 is 2.70 bits per heavy atom. The monoisotopic (exact) mass is 283 g/mol. The molecule has 3 N–H and O–H groups in total. The Morgan fingerprint density at radius 2 is 2.10 bits per heavy atom. The number of nitrogens with zero attached hydrogens (tertiary/aromatic N) is 1. The summed E-state index contributed by atoms with van der Waals surface area (Å²) in [4.78, 5) is 24.6. The fourth-order valence-corrected chi connectivity index (χ4v) is 1.51. The smallest absolute Gasteiger partial charge is 0.337 e. The number of likely N-dealkylation sites (N-methyl/N-ethyl adjacent to an activating group) is 1. The summed E-state index contributed by atoms with van der Waals surface area (Å²) < 4.78 is 13.6. The molecule has 0 aliphatic rings. The molecule has 0 aliphatic carbocycles. The van der Waals surface area contributed by atoms with E-state index in [0.717, 1.165) is 12.6 Å². The Hall–Kier alpha value is -2.15. The molecule has 0 saturated heterocycles. The lowest BCUT2D eigenvalue weighted by Gasteiger charge is -2.15. The average molecular weight is 283 g/mol. The van der Waals surface area contributed by atoms with E-state index in [1.807, 2.05) is 18.9 Å². The molecule has 1 aromatic carbocycles. The van der Waals surface area contributed by atoms with Crippen molar-refractivity contribution >= 4 is 17.7 Å². The second-order valence-corrected chi connectivity index (χ2v) is 4.24. The maximum absolute atomic E-state index is 13.6. The molecule has 0 spiro atoms. The van der Waals surface area contributed by atoms with E-state index >= 15 is 0 Å². The highest BCUT2D eigenvalue weighted by Gasteiger charge is 2.16. The molecule has 0 heterocycles. The predicted molar refractivity (Wildman–Crippen MR) is 73.6 cm³/mol. The number of anilines is 1. The van der Waals surface area contributed by atoms with Crippen LogP contribution in [0.25, 0.3) is 0 Å². The minimum atomic E-state index is -1.30. The first-order valence-electron chi connectivity index (χ1n) is 6.21. The number of para-hydroxylation sites is 1. The predicted octanol–water partition coefficient (Wildman–Crippen LogP) is 1.60. The zero-order chi connectivity index (χ0) is 15.1. The first-order chi connectivity index (χ1) is 9.45. The molecule has 2 amide bonds. The van der Waals surface area contributed by atoms with Crippen LogP contribution in [0.4, 0.5) is 14.9 Å². The van der Waals surface area contributed by atoms with Crippen molar-refractivity contribution in [1.82, 2.24) is 10.2 Å². The lowest BCUT2D eigenvalue weighted by atomic mass is 10.1. The fraction of sp³-hybridized carbons (Fsp3) is 0.385. The lowest BCUT2D eigenvalue weighted by Crippen LogP contribution is -2.36. The number of carboxylic acids is 1. The Kier molecular flexibility index (Phi) is 5.92. The Labute approximate surface area is 116 Å². The van der Waals surface area contributed by atoms with Crippen molar-refractivity contribution < 1.29 is 19.1 Å². The minimum Gasteiger partial charge on any atom is -0.478 e. The first-order valence-corrected chi connectivity index (χ1v) is 6.21. The number of hydrogen-bond acceptors (Lipinski definition) is 3. The first kappa shape index (κ1) is 15.9. The highest BCUT2D eigenvalue weighted by atomic mass is 19.1. The van der Waals surface area contributed by atoms with Crippen molar-refractivity contribution in [1.29, 1.82) is 0 Å². The van der Waals surface area contributed by atoms with Crippen LogP contribution in [0.1, 0.15) is 17.3 Å². The van der Waals surface area contributed by atoms with Crippen molar-refractivity contribution in [2.45, 2.75) is 6.92 Å². The van der Waals surface area contributed by atoms with Gasteiger partial charge in [-0.2, -0.15) is 0 Å². The summed E-state index contributed by atoms with van der Waals surface area (Å²) in [6, 6.07) is 2.96. The summed E-state index contributed by atoms with van der Waals surface area (Å²) in [5.74, 6) is -2.09. The fourth-order valence-electron chi connectivity index (χ4n) is 1.51. The maximum atomic E-state index is 13.6. The quantitative estimate of drug-likeness (QED) is 0.740. The average Bonchev–Trinajstić information content (AvgIpc) is 2.40. The van der Waals surface area contributed by atoms with Gasteiger partial charge in [0, 0.05) is 13.1 Å². The van der Waals surface area contributed by atoms with Crippen LogP contribution in [0, 0.1) is 5.82 Å². The van der Waals surface area contributed by atoms with Crippen molar-refractivity contribution in [3.05, 3.63) is 29.6 Å². The van der Waals surface area contributed by atoms with Gasteiger partial charge in [-0.25, -0.2) is 14.0 Å². The Balaban J connectivity index is 2.64. The van der Waals surface area contributed by atoms with Gasteiger partial charge in [0.2, 0.25) is 0 Å². The molecule has 0 radical (unpaired) electrons. The topological polar surface area (TPSA) is 81.7 Å². The molecular formula is C13H18FN3O3. The molecule has 0 aliphatic heterocycles. The van der Waals surface area contributed by atoms with Gasteiger partial charge in [-0.05, 0) is 25.7 Å². The van der Waals surface area contributed by atoms with E-state index in [1.165, 1.54) is 12.1 Å². The Bertz CT molecular complexity index is 494. The van der Waals surface area contributed by atoms with Gasteiger partial charge in [0.1, 0.15) is 5.82 Å². The summed E-state index contributed by atoms with van der Waals surface area (Å²) in [5, 5.41) is 13.7. The molecule has 1 aromatic rings. The highest BCUT2D eigenvalue weighted by molar-refractivity contribution is 6.00. The summed E-state index contributed by atoms with van der Waals surface area (Å²) >= 11 is 0. The van der Waals surface area contributed by atoms with Crippen molar-refractivity contribution in [2.75, 3.05) is 32.0 Å². The summed E-state index contributed by atoms with van der Waals surface area (Å²) in [6.07, 6.45) is 0. The third kappa shape index (κ3) is 4.51. The van der Waals surface area contributed by atoms with E-state index in [-0.39, 0.29) is 11.3 Å². The second kappa shape index (κ2) is 7.44. The van der Waals surface area contributed by atoms with E-state index in [1.54, 1.807) is 0 Å². The van der Waals surface area contributed by atoms with Crippen LogP contribution in [0.15, 0.2) is 18.2 Å². The molecule has 110 valence electrons. The van der Waals surface area contributed by atoms with Crippen molar-refractivity contribution in [2.24, 2.45) is 0 Å². The molecule has 0 unspecified atom stereocenters. The number of benzene rings is 1. The summed E-state index contributed by atoms with van der Waals surface area (Å²) in [7, 11) is 1.90. The van der Waals surface area contributed by atoms with Crippen molar-refractivity contribution in [3.8, 4) is 0 Å². The van der Waals surface area contributed by atoms with E-state index in [0.29, 0.717) is 13.1 Å². The van der Waals surface area contributed by atoms with Crippen LogP contribution in [-0.4, -0.2) is 48.7 Å². The standard InChI is InChI=1S/C13H18FN3O3/c1-3-17(2)8-7-15-13(20)16-11-9(12(18)19)5-4-6-10(11)14/h4-6H,3,7-8H2,1-2H3,(H,18,19)(H2,15,16,20). The van der Waals surface area contributed by atoms with Crippen LogP contribution in [0.2, 0.25) is 0 Å². The number of carboxylic acid groups (broad SMARTS) is 1. The Morgan fingerprint density at radius 1 is 1.40 bits per heavy atom. The van der Waals surface area contributed by atoms with Gasteiger partial charge < -0.3 is 20.6 Å². The number of aromatic carboxylic acids is 1.